The number of para-hydroxylation sites is 2. The summed E-state index contributed by atoms with van der Waals surface area (Å²) in [5.74, 6) is 2.09. The zero-order chi connectivity index (χ0) is 67.2. The number of pyridine rings is 1. The molecule has 0 N–H and O–H groups in total. The van der Waals surface area contributed by atoms with E-state index < -0.39 is 31.4 Å². The fourth-order valence-corrected chi connectivity index (χ4v) is 12.6. The first kappa shape index (κ1) is 45.7. The predicted octanol–water partition coefficient (Wildman–Crippen LogP) is 22.4. The third kappa shape index (κ3) is 9.89. The summed E-state index contributed by atoms with van der Waals surface area (Å²) in [7, 11) is 0. The van der Waals surface area contributed by atoms with Crippen LogP contribution < -0.4 is 9.64 Å². The van der Waals surface area contributed by atoms with Gasteiger partial charge in [0.25, 0.3) is 0 Å². The van der Waals surface area contributed by atoms with Crippen LogP contribution >= 0.6 is 0 Å². The monoisotopic (exact) mass is 1120 g/mol. The van der Waals surface area contributed by atoms with Gasteiger partial charge in [0.15, 0.2) is 0 Å². The molecule has 1 aliphatic rings. The summed E-state index contributed by atoms with van der Waals surface area (Å²) < 4.78 is 92.5. The van der Waals surface area contributed by atoms with Gasteiger partial charge < -0.3 is 14.2 Å². The molecule has 85 heavy (non-hydrogen) atoms. The molecule has 1 aliphatic heterocycles. The largest absolute Gasteiger partial charge is 0.457 e. The number of benzene rings is 9. The number of aromatic nitrogens is 3. The summed E-state index contributed by atoms with van der Waals surface area (Å²) in [4.78, 5) is 7.25. The molecule has 0 atom stereocenters. The van der Waals surface area contributed by atoms with Crippen molar-refractivity contribution >= 4 is 76.5 Å². The van der Waals surface area contributed by atoms with Crippen LogP contribution in [0.5, 0.6) is 11.5 Å². The zero-order valence-electron chi connectivity index (χ0n) is 60.0. The van der Waals surface area contributed by atoms with E-state index in [9.17, 15) is 0 Å². The van der Waals surface area contributed by atoms with Crippen molar-refractivity contribution in [2.45, 2.75) is 137 Å². The van der Waals surface area contributed by atoms with Gasteiger partial charge in [0.2, 0.25) is 0 Å². The highest BCUT2D eigenvalue weighted by atomic mass is 16.5. The standard InChI is InChI=1S/C80H80N4O/c1-76(2,3)52-38-39-81-72(46-52)84-69-33-21-20-29-65(69)66-35-34-59(48-71(66)84)85-58-25-22-24-57(47-58)82-49-83-74-61(51-42-55(79(10,11)12)45-56(43-51)80(13,14)15)31-23-32-68(74)64-28-17-16-26-62(64)63-27-18-19-30-67(63)73-60(36-37-70(82)75(73)83)50-40-53(77(4,5)6)44-54(41-50)78(7,8)9/h16-48H,49H2,1-15H3/i10D3,11D3,12D3. The maximum atomic E-state index is 8.98. The van der Waals surface area contributed by atoms with Crippen LogP contribution in [0.15, 0.2) is 200 Å². The molecular weight excluding hydrogens is 1030 g/mol. The third-order valence-electron chi connectivity index (χ3n) is 17.4. The molecule has 0 fully saturated rings. The number of nitrogens with zero attached hydrogens (tertiary/aromatic N) is 4. The highest BCUT2D eigenvalue weighted by Gasteiger charge is 2.30. The van der Waals surface area contributed by atoms with Gasteiger partial charge in [0, 0.05) is 63.5 Å². The van der Waals surface area contributed by atoms with Crippen LogP contribution in [0.2, 0.25) is 0 Å². The Hall–Kier alpha value is -8.67. The smallest absolute Gasteiger partial charge is 0.137 e. The lowest BCUT2D eigenvalue weighted by Crippen LogP contribution is -2.17. The number of anilines is 2. The van der Waals surface area contributed by atoms with Crippen molar-refractivity contribution in [1.82, 2.24) is 14.1 Å². The zero-order valence-corrected chi connectivity index (χ0v) is 51.0. The molecule has 0 saturated carbocycles. The summed E-state index contributed by atoms with van der Waals surface area (Å²) in [6.07, 6.45) is 1.89. The van der Waals surface area contributed by atoms with E-state index in [0.717, 1.165) is 93.5 Å². The maximum Gasteiger partial charge on any atom is 0.137 e. The summed E-state index contributed by atoms with van der Waals surface area (Å²) in [6.45, 7) is 15.9. The topological polar surface area (TPSA) is 35.2 Å². The van der Waals surface area contributed by atoms with E-state index in [4.69, 9.17) is 22.1 Å². The van der Waals surface area contributed by atoms with Gasteiger partial charge in [0.05, 0.1) is 27.8 Å². The van der Waals surface area contributed by atoms with E-state index in [1.807, 2.05) is 69.4 Å². The Morgan fingerprint density at radius 2 is 0.929 bits per heavy atom. The number of rotatable bonds is 6. The van der Waals surface area contributed by atoms with Gasteiger partial charge >= 0.3 is 0 Å². The average Bonchev–Trinajstić information content (AvgIpc) is 0.988. The fourth-order valence-electron chi connectivity index (χ4n) is 12.6. The summed E-state index contributed by atoms with van der Waals surface area (Å²) >= 11 is 0. The van der Waals surface area contributed by atoms with Gasteiger partial charge in [-0.15, -0.1) is 0 Å². The molecule has 4 heterocycles. The highest BCUT2D eigenvalue weighted by molar-refractivity contribution is 6.25. The Balaban J connectivity index is 1.12. The molecule has 12 aromatic rings. The van der Waals surface area contributed by atoms with Crippen LogP contribution in [0.1, 0.15) is 144 Å². The molecule has 0 spiro atoms. The molecular formula is C80H80N4O. The molecule has 0 aliphatic carbocycles. The van der Waals surface area contributed by atoms with Gasteiger partial charge in [-0.25, -0.2) is 4.98 Å². The molecule has 0 bridgehead atoms. The Kier molecular flexibility index (Phi) is 10.7. The van der Waals surface area contributed by atoms with Crippen molar-refractivity contribution in [3.05, 3.63) is 228 Å². The molecule has 426 valence electrons. The second kappa shape index (κ2) is 20.0. The Morgan fingerprint density at radius 1 is 0.400 bits per heavy atom. The quantitative estimate of drug-likeness (QED) is 0.166. The summed E-state index contributed by atoms with van der Waals surface area (Å²) in [5.41, 5.74) is 8.05. The Morgan fingerprint density at radius 3 is 1.56 bits per heavy atom. The summed E-state index contributed by atoms with van der Waals surface area (Å²) in [5, 5.41) is 8.00. The Labute approximate surface area is 515 Å². The van der Waals surface area contributed by atoms with Crippen molar-refractivity contribution in [2.75, 3.05) is 4.90 Å². The van der Waals surface area contributed by atoms with Gasteiger partial charge in [-0.3, -0.25) is 4.57 Å². The predicted molar refractivity (Wildman–Crippen MR) is 364 cm³/mol. The molecule has 0 saturated heterocycles. The fraction of sp³-hybridized carbons (Fsp3) is 0.263. The maximum absolute atomic E-state index is 8.98. The van der Waals surface area contributed by atoms with E-state index in [2.05, 4.69) is 216 Å². The number of hydrogen-bond acceptors (Lipinski definition) is 3. The van der Waals surface area contributed by atoms with Crippen molar-refractivity contribution in [3.8, 4) is 39.6 Å². The lowest BCUT2D eigenvalue weighted by Gasteiger charge is -2.27. The summed E-state index contributed by atoms with van der Waals surface area (Å²) in [6, 6.07) is 66.8. The molecule has 0 amide bonds. The molecule has 3 aromatic heterocycles. The second-order valence-corrected chi connectivity index (χ2v) is 27.5. The average molecular weight is 1120 g/mol. The minimum Gasteiger partial charge on any atom is -0.457 e. The van der Waals surface area contributed by atoms with E-state index in [-0.39, 0.29) is 28.5 Å². The minimum absolute atomic E-state index is 0.0949. The van der Waals surface area contributed by atoms with Crippen molar-refractivity contribution in [3.63, 3.8) is 0 Å². The van der Waals surface area contributed by atoms with Gasteiger partial charge in [-0.2, -0.15) is 0 Å². The first-order chi connectivity index (χ1) is 44.0. The Bertz CT molecular complexity index is 5040. The molecule has 13 rings (SSSR count). The number of fused-ring (bicyclic) bond motifs is 10. The van der Waals surface area contributed by atoms with Crippen LogP contribution in [0.3, 0.4) is 0 Å². The van der Waals surface area contributed by atoms with Crippen LogP contribution in [0.25, 0.3) is 93.2 Å². The third-order valence-corrected chi connectivity index (χ3v) is 17.4. The molecule has 0 unspecified atom stereocenters. The van der Waals surface area contributed by atoms with Crippen LogP contribution in [-0.4, -0.2) is 14.1 Å². The highest BCUT2D eigenvalue weighted by Crippen LogP contribution is 2.49. The molecule has 5 heteroatoms. The van der Waals surface area contributed by atoms with Gasteiger partial charge in [-0.05, 0) is 142 Å². The van der Waals surface area contributed by atoms with Crippen molar-refractivity contribution in [1.29, 1.82) is 0 Å². The van der Waals surface area contributed by atoms with Crippen LogP contribution in [0, 0.1) is 0 Å². The minimum atomic E-state index is -3.50. The first-order valence-electron chi connectivity index (χ1n) is 34.2. The van der Waals surface area contributed by atoms with E-state index >= 15 is 0 Å². The lowest BCUT2D eigenvalue weighted by atomic mass is 9.78. The van der Waals surface area contributed by atoms with Crippen LogP contribution in [-0.2, 0) is 33.7 Å². The number of hydrogen-bond donors (Lipinski definition) is 0. The molecule has 9 aromatic carbocycles. The number of ether oxygens (including phenoxy) is 1. The lowest BCUT2D eigenvalue weighted by molar-refractivity contribution is 0.483. The molecule has 5 nitrogen and oxygen atoms in total. The van der Waals surface area contributed by atoms with Gasteiger partial charge in [0.1, 0.15) is 24.0 Å². The van der Waals surface area contributed by atoms with Gasteiger partial charge in [-0.1, -0.05) is 237 Å². The van der Waals surface area contributed by atoms with Crippen molar-refractivity contribution < 1.29 is 17.1 Å². The van der Waals surface area contributed by atoms with Crippen LogP contribution in [0.4, 0.5) is 11.4 Å². The normalized spacial score (nSPS) is 15.3. The SMILES string of the molecule is [2H]C([2H])([2H])C(c1cc(-c2cccc3c4ccccc4c4ccccc4c4c(-c5cc(C(C)(C)C)cc(C(C)(C)C)c5)ccc5c4n(c23)CN5c2cccc(Oc3ccc4c5ccccc5n(-c5cc(C(C)(C)C)ccn5)c4c3)c2)cc(C(C)(C)C)c1)(C([2H])([2H])[2H])C([2H])([2H])[2H]. The van der Waals surface area contributed by atoms with E-state index in [1.165, 1.54) is 28.8 Å². The van der Waals surface area contributed by atoms with E-state index in [1.54, 1.807) is 0 Å². The van der Waals surface area contributed by atoms with Crippen molar-refractivity contribution in [2.24, 2.45) is 0 Å². The van der Waals surface area contributed by atoms with E-state index in [0.29, 0.717) is 28.2 Å². The second-order valence-electron chi connectivity index (χ2n) is 27.5. The first-order valence-corrected chi connectivity index (χ1v) is 29.7. The molecule has 0 radical (unpaired) electrons.